The van der Waals surface area contributed by atoms with Crippen molar-refractivity contribution in [2.24, 2.45) is 4.99 Å². The lowest BCUT2D eigenvalue weighted by Gasteiger charge is -2.11. The summed E-state index contributed by atoms with van der Waals surface area (Å²) >= 11 is 0. The van der Waals surface area contributed by atoms with Gasteiger partial charge in [0.15, 0.2) is 6.80 Å². The molecule has 3 heterocycles. The summed E-state index contributed by atoms with van der Waals surface area (Å²) in [6.45, 7) is 7.71. The van der Waals surface area contributed by atoms with Crippen LogP contribution in [0.5, 0.6) is 0 Å². The molecule has 0 atom stereocenters. The molecule has 0 N–H and O–H groups in total. The first kappa shape index (κ1) is 28.0. The molecule has 0 bridgehead atoms. The predicted molar refractivity (Wildman–Crippen MR) is 130 cm³/mol. The van der Waals surface area contributed by atoms with Crippen LogP contribution in [0.4, 0.5) is 17.6 Å². The minimum absolute atomic E-state index is 0.0634. The number of ether oxygens (including phenoxy) is 2. The first-order valence-corrected chi connectivity index (χ1v) is 11.0. The number of aliphatic imine (C=N–C) groups is 1. The van der Waals surface area contributed by atoms with Crippen molar-refractivity contribution < 1.29 is 27.0 Å². The Labute approximate surface area is 215 Å². The van der Waals surface area contributed by atoms with Gasteiger partial charge in [0.05, 0.1) is 59.5 Å². The third-order valence-electron chi connectivity index (χ3n) is 5.02. The molecule has 10 nitrogen and oxygen atoms in total. The van der Waals surface area contributed by atoms with Gasteiger partial charge in [-0.1, -0.05) is 25.3 Å². The van der Waals surface area contributed by atoms with Gasteiger partial charge in [0.25, 0.3) is 0 Å². The van der Waals surface area contributed by atoms with Crippen LogP contribution in [0.25, 0.3) is 5.70 Å². The quantitative estimate of drug-likeness (QED) is 0.119. The summed E-state index contributed by atoms with van der Waals surface area (Å²) in [6, 6.07) is 5.27. The van der Waals surface area contributed by atoms with Crippen LogP contribution in [0, 0.1) is 0 Å². The number of hydrogen-bond acceptors (Lipinski definition) is 8. The molecule has 0 aromatic carbocycles. The van der Waals surface area contributed by atoms with Crippen LogP contribution in [-0.4, -0.2) is 54.2 Å². The fourth-order valence-corrected chi connectivity index (χ4v) is 3.10. The maximum absolute atomic E-state index is 13.6. The highest BCUT2D eigenvalue weighted by molar-refractivity contribution is 5.98. The largest absolute Gasteiger partial charge is 0.492 e. The Morgan fingerprint density at radius 2 is 2.03 bits per heavy atom. The standard InChI is InChI=1S/C24H24F4N8O2/c1-5-18(24(26,27)28)10-9-16(2)38-13-22-20(11-30-36(22)14-25)23(37-4)31-17(3)21-8-6-7-19(32-21)12-35-15-29-33-34-35/h5-11,15H,1,3,12-14H2,2,4H3/b16-9+,18-10+,31-23?. The second-order valence-corrected chi connectivity index (χ2v) is 7.60. The van der Waals surface area contributed by atoms with Crippen molar-refractivity contribution in [3.8, 4) is 0 Å². The van der Waals surface area contributed by atoms with Crippen LogP contribution < -0.4 is 0 Å². The van der Waals surface area contributed by atoms with Crippen LogP contribution >= 0.6 is 0 Å². The normalized spacial score (nSPS) is 12.9. The summed E-state index contributed by atoms with van der Waals surface area (Å²) in [5.41, 5.74) is 0.989. The van der Waals surface area contributed by atoms with E-state index in [1.165, 1.54) is 31.2 Å². The molecular formula is C24H24F4N8O2. The van der Waals surface area contributed by atoms with Crippen molar-refractivity contribution in [1.29, 1.82) is 0 Å². The van der Waals surface area contributed by atoms with Gasteiger partial charge in [-0.05, 0) is 41.6 Å². The summed E-state index contributed by atoms with van der Waals surface area (Å²) in [5.74, 6) is 0.212. The molecule has 3 rings (SSSR count). The fraction of sp³-hybridized carbons (Fsp3) is 0.250. The molecule has 0 saturated heterocycles. The van der Waals surface area contributed by atoms with E-state index in [2.05, 4.69) is 43.8 Å². The van der Waals surface area contributed by atoms with Crippen molar-refractivity contribution in [2.75, 3.05) is 7.11 Å². The maximum Gasteiger partial charge on any atom is 0.416 e. The Morgan fingerprint density at radius 3 is 2.66 bits per heavy atom. The summed E-state index contributed by atoms with van der Waals surface area (Å²) in [7, 11) is 1.37. The van der Waals surface area contributed by atoms with Gasteiger partial charge in [-0.25, -0.2) is 23.7 Å². The number of methoxy groups -OCH3 is 1. The van der Waals surface area contributed by atoms with Crippen LogP contribution in [0.1, 0.15) is 29.6 Å². The van der Waals surface area contributed by atoms with Gasteiger partial charge in [-0.2, -0.15) is 18.3 Å². The van der Waals surface area contributed by atoms with Crippen molar-refractivity contribution in [3.05, 3.63) is 96.1 Å². The number of halogens is 4. The Kier molecular flexibility index (Phi) is 9.24. The maximum atomic E-state index is 13.6. The van der Waals surface area contributed by atoms with Crippen LogP contribution in [0.3, 0.4) is 0 Å². The van der Waals surface area contributed by atoms with Crippen LogP contribution in [0.15, 0.2) is 78.4 Å². The molecule has 38 heavy (non-hydrogen) atoms. The highest BCUT2D eigenvalue weighted by Crippen LogP contribution is 2.26. The van der Waals surface area contributed by atoms with E-state index in [0.717, 1.165) is 16.8 Å². The molecule has 0 unspecified atom stereocenters. The van der Waals surface area contributed by atoms with Crippen molar-refractivity contribution in [3.63, 3.8) is 0 Å². The van der Waals surface area contributed by atoms with Crippen molar-refractivity contribution in [2.45, 2.75) is 33.1 Å². The molecule has 3 aromatic rings. The van der Waals surface area contributed by atoms with E-state index in [4.69, 9.17) is 9.47 Å². The third kappa shape index (κ3) is 7.21. The Bertz CT molecular complexity index is 1360. The van der Waals surface area contributed by atoms with Gasteiger partial charge in [-0.3, -0.25) is 0 Å². The third-order valence-corrected chi connectivity index (χ3v) is 5.02. The number of allylic oxidation sites excluding steroid dienone is 5. The van der Waals surface area contributed by atoms with E-state index in [0.29, 0.717) is 29.6 Å². The minimum Gasteiger partial charge on any atom is -0.492 e. The zero-order valence-electron chi connectivity index (χ0n) is 20.6. The molecule has 0 saturated carbocycles. The smallest absolute Gasteiger partial charge is 0.416 e. The minimum atomic E-state index is -4.55. The van der Waals surface area contributed by atoms with Gasteiger partial charge < -0.3 is 9.47 Å². The molecule has 0 fully saturated rings. The second kappa shape index (κ2) is 12.6. The van der Waals surface area contributed by atoms with E-state index in [1.807, 2.05) is 0 Å². The zero-order valence-corrected chi connectivity index (χ0v) is 20.6. The molecule has 3 aromatic heterocycles. The summed E-state index contributed by atoms with van der Waals surface area (Å²) < 4.78 is 65.8. The number of aromatic nitrogens is 7. The summed E-state index contributed by atoms with van der Waals surface area (Å²) in [5, 5.41) is 14.9. The van der Waals surface area contributed by atoms with E-state index in [9.17, 15) is 17.6 Å². The van der Waals surface area contributed by atoms with Gasteiger partial charge in [0.2, 0.25) is 5.90 Å². The van der Waals surface area contributed by atoms with E-state index in [-0.39, 0.29) is 29.7 Å². The Hall–Kier alpha value is -4.62. The molecule has 200 valence electrons. The number of hydrogen-bond donors (Lipinski definition) is 0. The highest BCUT2D eigenvalue weighted by atomic mass is 19.4. The van der Waals surface area contributed by atoms with Crippen molar-refractivity contribution in [1.82, 2.24) is 35.0 Å². The second-order valence-electron chi connectivity index (χ2n) is 7.60. The van der Waals surface area contributed by atoms with Crippen molar-refractivity contribution >= 4 is 11.6 Å². The van der Waals surface area contributed by atoms with E-state index >= 15 is 0 Å². The zero-order chi connectivity index (χ0) is 27.7. The SMILES string of the molecule is C=C/C(=C\C=C(/C)OCc1c(C(=NC(=C)c2cccc(Cn3cnnn3)n2)OC)cnn1CF)C(F)(F)F. The molecule has 0 amide bonds. The molecule has 0 aliphatic carbocycles. The number of alkyl halides is 4. The van der Waals surface area contributed by atoms with Gasteiger partial charge in [-0.15, -0.1) is 5.10 Å². The topological polar surface area (TPSA) is 105 Å². The number of nitrogens with zero attached hydrogens (tertiary/aromatic N) is 8. The molecular weight excluding hydrogens is 508 g/mol. The summed E-state index contributed by atoms with van der Waals surface area (Å²) in [6.07, 6.45) is 0.924. The van der Waals surface area contributed by atoms with Gasteiger partial charge in [0.1, 0.15) is 12.9 Å². The average molecular weight is 533 g/mol. The molecule has 0 aliphatic rings. The van der Waals surface area contributed by atoms with E-state index in [1.54, 1.807) is 18.2 Å². The lowest BCUT2D eigenvalue weighted by atomic mass is 10.2. The van der Waals surface area contributed by atoms with E-state index < -0.39 is 18.5 Å². The lowest BCUT2D eigenvalue weighted by molar-refractivity contribution is -0.0881. The van der Waals surface area contributed by atoms with Gasteiger partial charge >= 0.3 is 6.18 Å². The first-order valence-electron chi connectivity index (χ1n) is 11.0. The Morgan fingerprint density at radius 1 is 1.24 bits per heavy atom. The van der Waals surface area contributed by atoms with Gasteiger partial charge in [0, 0.05) is 0 Å². The van der Waals surface area contributed by atoms with Crippen LogP contribution in [-0.2, 0) is 29.4 Å². The highest BCUT2D eigenvalue weighted by Gasteiger charge is 2.30. The molecule has 0 spiro atoms. The Balaban J connectivity index is 1.82. The number of tetrazole rings is 1. The predicted octanol–water partition coefficient (Wildman–Crippen LogP) is 4.40. The molecule has 14 heteroatoms. The molecule has 0 aliphatic heterocycles. The van der Waals surface area contributed by atoms with Crippen LogP contribution in [0.2, 0.25) is 0 Å². The summed E-state index contributed by atoms with van der Waals surface area (Å²) in [4.78, 5) is 8.91. The first-order chi connectivity index (χ1) is 18.2. The lowest BCUT2D eigenvalue weighted by Crippen LogP contribution is -2.11. The number of rotatable bonds is 11. The average Bonchev–Trinajstić information content (AvgIpc) is 3.55. The molecule has 0 radical (unpaired) electrons. The fourth-order valence-electron chi connectivity index (χ4n) is 3.10. The monoisotopic (exact) mass is 532 g/mol. The number of pyridine rings is 1.